The molecule has 2 aromatic rings. The van der Waals surface area contributed by atoms with Gasteiger partial charge in [0.25, 0.3) is 0 Å². The van der Waals surface area contributed by atoms with Crippen molar-refractivity contribution in [3.8, 4) is 11.5 Å². The van der Waals surface area contributed by atoms with Gasteiger partial charge < -0.3 is 30.0 Å². The zero-order valence-electron chi connectivity index (χ0n) is 24.9. The van der Waals surface area contributed by atoms with Crippen molar-refractivity contribution in [2.75, 3.05) is 0 Å². The van der Waals surface area contributed by atoms with Gasteiger partial charge in [0.05, 0.1) is 12.1 Å². The predicted molar refractivity (Wildman–Crippen MR) is 156 cm³/mol. The molecule has 1 aliphatic rings. The summed E-state index contributed by atoms with van der Waals surface area (Å²) >= 11 is 0. The summed E-state index contributed by atoms with van der Waals surface area (Å²) in [4.78, 5) is 27.3. The van der Waals surface area contributed by atoms with E-state index >= 15 is 0 Å². The Hall–Kier alpha value is -3.17. The van der Waals surface area contributed by atoms with Crippen LogP contribution in [0.25, 0.3) is 0 Å². The molecule has 1 fully saturated rings. The second-order valence-corrected chi connectivity index (χ2v) is 10.3. The first-order valence-corrected chi connectivity index (χ1v) is 13.9. The van der Waals surface area contributed by atoms with Gasteiger partial charge in [0.15, 0.2) is 0 Å². The molecule has 3 rings (SSSR count). The van der Waals surface area contributed by atoms with Gasteiger partial charge in [-0.1, -0.05) is 39.8 Å². The zero-order chi connectivity index (χ0) is 30.2. The van der Waals surface area contributed by atoms with E-state index in [2.05, 4.69) is 39.8 Å². The van der Waals surface area contributed by atoms with Gasteiger partial charge in [-0.05, 0) is 99.6 Å². The van der Waals surface area contributed by atoms with Crippen molar-refractivity contribution in [3.63, 3.8) is 0 Å². The molecule has 2 N–H and O–H groups in total. The standard InChI is InChI=1S/C28H38N2O2.2C2H4O2.Co/c1-5-19(3)21-7-13-27(31)23(15-21)17-29-25-9-11-26(12-10-25)30-18-24-16-22(20(4)6-2)8-14-28(24)32;2*1-2(3)4;/h7-8,13-20,25-26,31-32H,5-6,9-12H2,1-4H3;2*1H3,(H,3,4);/q;;;+2/p-2. The molecule has 8 nitrogen and oxygen atoms in total. The molecule has 0 bridgehead atoms. The third-order valence-electron chi connectivity index (χ3n) is 6.98. The number of nitrogens with zero attached hydrogens (tertiary/aromatic N) is 2. The molecule has 0 aliphatic heterocycles. The van der Waals surface area contributed by atoms with Crippen LogP contribution in [0.4, 0.5) is 0 Å². The molecule has 1 aliphatic carbocycles. The molecular formula is C32H44CoN2O6. The summed E-state index contributed by atoms with van der Waals surface area (Å²) in [6.45, 7) is 10.7. The minimum atomic E-state index is -1.08. The van der Waals surface area contributed by atoms with Gasteiger partial charge in [0.1, 0.15) is 11.5 Å². The van der Waals surface area contributed by atoms with E-state index in [9.17, 15) is 10.2 Å². The summed E-state index contributed by atoms with van der Waals surface area (Å²) in [5.41, 5.74) is 4.09. The van der Waals surface area contributed by atoms with Crippen LogP contribution in [-0.2, 0) is 26.4 Å². The molecule has 2 aromatic carbocycles. The van der Waals surface area contributed by atoms with E-state index in [0.717, 1.165) is 63.5 Å². The third kappa shape index (κ3) is 14.9. The van der Waals surface area contributed by atoms with E-state index in [1.807, 2.05) is 24.6 Å². The minimum absolute atomic E-state index is 0. The Kier molecular flexibility index (Phi) is 18.3. The number of carbonyl (C=O) groups is 2. The zero-order valence-corrected chi connectivity index (χ0v) is 26.0. The van der Waals surface area contributed by atoms with Crippen LogP contribution in [-0.4, -0.2) is 46.7 Å². The molecule has 0 amide bonds. The molecule has 0 heterocycles. The first kappa shape index (κ1) is 37.8. The van der Waals surface area contributed by atoms with Crippen molar-refractivity contribution in [2.24, 2.45) is 9.98 Å². The number of hydrogen-bond donors (Lipinski definition) is 2. The van der Waals surface area contributed by atoms with Gasteiger partial charge in [0.2, 0.25) is 0 Å². The number of carboxylic acids is 2. The molecule has 41 heavy (non-hydrogen) atoms. The second kappa shape index (κ2) is 19.8. The van der Waals surface area contributed by atoms with Crippen LogP contribution in [0.3, 0.4) is 0 Å². The Morgan fingerprint density at radius 1 is 0.780 bits per heavy atom. The van der Waals surface area contributed by atoms with E-state index in [1.54, 1.807) is 12.1 Å². The predicted octanol–water partition coefficient (Wildman–Crippen LogP) is 4.48. The largest absolute Gasteiger partial charge is 2.00 e. The van der Waals surface area contributed by atoms with Gasteiger partial charge in [-0.2, -0.15) is 0 Å². The smallest absolute Gasteiger partial charge is 0.550 e. The average Bonchev–Trinajstić information content (AvgIpc) is 2.91. The maximum atomic E-state index is 10.2. The van der Waals surface area contributed by atoms with E-state index in [0.29, 0.717) is 23.3 Å². The van der Waals surface area contributed by atoms with Crippen LogP contribution in [0, 0.1) is 0 Å². The van der Waals surface area contributed by atoms with E-state index in [4.69, 9.17) is 29.8 Å². The first-order chi connectivity index (χ1) is 18.9. The molecule has 0 saturated heterocycles. The maximum Gasteiger partial charge on any atom is 2.00 e. The van der Waals surface area contributed by atoms with E-state index < -0.39 is 11.9 Å². The molecule has 2 unspecified atom stereocenters. The van der Waals surface area contributed by atoms with Gasteiger partial charge in [-0.25, -0.2) is 0 Å². The summed E-state index contributed by atoms with van der Waals surface area (Å²) in [5, 5.41) is 38.2. The van der Waals surface area contributed by atoms with Gasteiger partial charge in [0, 0.05) is 35.5 Å². The monoisotopic (exact) mass is 611 g/mol. The Bertz CT molecular complexity index is 1050. The summed E-state index contributed by atoms with van der Waals surface area (Å²) in [5.74, 6) is -0.639. The topological polar surface area (TPSA) is 145 Å². The number of hydrogen-bond acceptors (Lipinski definition) is 8. The van der Waals surface area contributed by atoms with Crippen molar-refractivity contribution in [1.29, 1.82) is 0 Å². The molecule has 227 valence electrons. The third-order valence-corrected chi connectivity index (χ3v) is 6.98. The SMILES string of the molecule is CC(=O)[O-].CC(=O)[O-].CCC(C)c1ccc(O)c(C=NC2CCC(N=Cc3cc(C(C)CC)ccc3O)CC2)c1.[Co+2]. The summed E-state index contributed by atoms with van der Waals surface area (Å²) in [6.07, 6.45) is 9.79. The Morgan fingerprint density at radius 2 is 1.07 bits per heavy atom. The Labute approximate surface area is 254 Å². The number of benzene rings is 2. The second-order valence-electron chi connectivity index (χ2n) is 10.3. The van der Waals surface area contributed by atoms with Crippen molar-refractivity contribution < 1.29 is 46.8 Å². The number of aliphatic carboxylic acids is 2. The fraction of sp³-hybridized carbons (Fsp3) is 0.500. The molecule has 0 aromatic heterocycles. The molecule has 1 saturated carbocycles. The fourth-order valence-corrected chi connectivity index (χ4v) is 4.17. The molecule has 1 radical (unpaired) electrons. The van der Waals surface area contributed by atoms with Crippen molar-refractivity contribution in [2.45, 2.75) is 104 Å². The van der Waals surface area contributed by atoms with Crippen LogP contribution < -0.4 is 10.2 Å². The van der Waals surface area contributed by atoms with Crippen LogP contribution in [0.5, 0.6) is 11.5 Å². The summed E-state index contributed by atoms with van der Waals surface area (Å²) in [6, 6.07) is 12.2. The molecule has 2 atom stereocenters. The van der Waals surface area contributed by atoms with E-state index in [1.165, 1.54) is 11.1 Å². The molecule has 0 spiro atoms. The van der Waals surface area contributed by atoms with Crippen LogP contribution in [0.15, 0.2) is 46.4 Å². The van der Waals surface area contributed by atoms with Crippen LogP contribution in [0.1, 0.15) is 114 Å². The number of phenols is 2. The van der Waals surface area contributed by atoms with Crippen LogP contribution >= 0.6 is 0 Å². The first-order valence-electron chi connectivity index (χ1n) is 13.9. The van der Waals surface area contributed by atoms with Gasteiger partial charge >= 0.3 is 16.8 Å². The number of aliphatic imine (C=N–C) groups is 2. The summed E-state index contributed by atoms with van der Waals surface area (Å²) in [7, 11) is 0. The van der Waals surface area contributed by atoms with E-state index in [-0.39, 0.29) is 28.9 Å². The van der Waals surface area contributed by atoms with Crippen molar-refractivity contribution >= 4 is 24.4 Å². The summed E-state index contributed by atoms with van der Waals surface area (Å²) < 4.78 is 0. The van der Waals surface area contributed by atoms with Crippen molar-refractivity contribution in [1.82, 2.24) is 0 Å². The number of phenolic OH excluding ortho intramolecular Hbond substituents is 2. The Balaban J connectivity index is 0.00000158. The minimum Gasteiger partial charge on any atom is -0.550 e. The number of rotatable bonds is 8. The molecule has 9 heteroatoms. The van der Waals surface area contributed by atoms with Gasteiger partial charge in [-0.3, -0.25) is 9.98 Å². The normalized spacial score (nSPS) is 17.8. The fourth-order valence-electron chi connectivity index (χ4n) is 4.17. The van der Waals surface area contributed by atoms with Crippen molar-refractivity contribution in [3.05, 3.63) is 58.7 Å². The molecular weight excluding hydrogens is 567 g/mol. The number of carboxylic acid groups (broad SMARTS) is 2. The maximum absolute atomic E-state index is 10.2. The Morgan fingerprint density at radius 3 is 1.34 bits per heavy atom. The quantitative estimate of drug-likeness (QED) is 0.421. The van der Waals surface area contributed by atoms with Gasteiger partial charge in [-0.15, -0.1) is 0 Å². The number of carbonyl (C=O) groups excluding carboxylic acids is 2. The number of aromatic hydroxyl groups is 2. The van der Waals surface area contributed by atoms with Crippen LogP contribution in [0.2, 0.25) is 0 Å². The average molecular weight is 612 g/mol.